The number of likely N-dealkylation sites (tertiary alicyclic amines) is 1. The van der Waals surface area contributed by atoms with Crippen LogP contribution in [-0.2, 0) is 14.2 Å². The zero-order valence-corrected chi connectivity index (χ0v) is 13.6. The first kappa shape index (κ1) is 18.2. The van der Waals surface area contributed by atoms with Gasteiger partial charge in [0.2, 0.25) is 0 Å². The molecule has 1 fully saturated rings. The number of hydrogen-bond acceptors (Lipinski definition) is 5. The van der Waals surface area contributed by atoms with Gasteiger partial charge in [0.25, 0.3) is 0 Å². The third-order valence-electron chi connectivity index (χ3n) is 3.40. The molecule has 0 aromatic heterocycles. The van der Waals surface area contributed by atoms with Crippen LogP contribution in [0.5, 0.6) is 0 Å². The molecule has 1 amide bonds. The molecule has 1 saturated heterocycles. The number of aliphatic hydroxyl groups is 1. The molecule has 1 aliphatic heterocycles. The van der Waals surface area contributed by atoms with Crippen molar-refractivity contribution in [3.63, 3.8) is 0 Å². The van der Waals surface area contributed by atoms with Gasteiger partial charge < -0.3 is 24.2 Å². The topological polar surface area (TPSA) is 68.2 Å². The van der Waals surface area contributed by atoms with E-state index in [0.29, 0.717) is 19.4 Å². The molecule has 6 heteroatoms. The molecule has 0 spiro atoms. The van der Waals surface area contributed by atoms with Gasteiger partial charge in [-0.05, 0) is 46.5 Å². The van der Waals surface area contributed by atoms with Crippen molar-refractivity contribution in [2.75, 3.05) is 27.1 Å². The fourth-order valence-electron chi connectivity index (χ4n) is 2.56. The number of nitrogens with zero attached hydrogens (tertiary/aromatic N) is 1. The lowest BCUT2D eigenvalue weighted by molar-refractivity contribution is -0.115. The molecule has 1 rings (SSSR count). The first-order chi connectivity index (χ1) is 9.89. The largest absolute Gasteiger partial charge is 0.444 e. The Bertz CT molecular complexity index is 316. The minimum atomic E-state index is -0.515. The molecule has 0 bridgehead atoms. The van der Waals surface area contributed by atoms with E-state index < -0.39 is 5.60 Å². The quantitative estimate of drug-likeness (QED) is 0.761. The Hall–Kier alpha value is -0.850. The van der Waals surface area contributed by atoms with E-state index in [0.717, 1.165) is 12.8 Å². The average molecular weight is 303 g/mol. The second-order valence-corrected chi connectivity index (χ2v) is 6.36. The third-order valence-corrected chi connectivity index (χ3v) is 3.40. The lowest BCUT2D eigenvalue weighted by atomic mass is 9.95. The van der Waals surface area contributed by atoms with Crippen LogP contribution in [0.2, 0.25) is 0 Å². The Morgan fingerprint density at radius 2 is 2.10 bits per heavy atom. The van der Waals surface area contributed by atoms with E-state index in [1.165, 1.54) is 0 Å². The number of ether oxygens (including phenoxy) is 3. The minimum Gasteiger partial charge on any atom is -0.444 e. The SMILES string of the molecule is COCOC1CCCN(C(=O)OC(C)(C)C)C1CCCO. The molecular formula is C15H29NO5. The third kappa shape index (κ3) is 6.20. The molecule has 0 aromatic carbocycles. The van der Waals surface area contributed by atoms with Crippen LogP contribution in [-0.4, -0.2) is 60.9 Å². The minimum absolute atomic E-state index is 0.0715. The molecule has 1 aliphatic rings. The van der Waals surface area contributed by atoms with Crippen molar-refractivity contribution >= 4 is 6.09 Å². The monoisotopic (exact) mass is 303 g/mol. The summed E-state index contributed by atoms with van der Waals surface area (Å²) in [5, 5.41) is 9.07. The maximum atomic E-state index is 12.4. The van der Waals surface area contributed by atoms with E-state index in [9.17, 15) is 4.79 Å². The van der Waals surface area contributed by atoms with Gasteiger partial charge in [-0.3, -0.25) is 0 Å². The summed E-state index contributed by atoms with van der Waals surface area (Å²) in [7, 11) is 1.58. The van der Waals surface area contributed by atoms with Gasteiger partial charge in [0.1, 0.15) is 12.4 Å². The normalized spacial score (nSPS) is 23.2. The summed E-state index contributed by atoms with van der Waals surface area (Å²) in [4.78, 5) is 14.1. The van der Waals surface area contributed by atoms with E-state index >= 15 is 0 Å². The zero-order chi connectivity index (χ0) is 15.9. The highest BCUT2D eigenvalue weighted by Gasteiger charge is 2.36. The zero-order valence-electron chi connectivity index (χ0n) is 13.6. The van der Waals surface area contributed by atoms with E-state index in [1.807, 2.05) is 20.8 Å². The van der Waals surface area contributed by atoms with Gasteiger partial charge in [0.05, 0.1) is 12.1 Å². The van der Waals surface area contributed by atoms with Crippen molar-refractivity contribution in [3.05, 3.63) is 0 Å². The lowest BCUT2D eigenvalue weighted by Crippen LogP contribution is -2.53. The fourth-order valence-corrected chi connectivity index (χ4v) is 2.56. The van der Waals surface area contributed by atoms with Crippen LogP contribution in [0.3, 0.4) is 0 Å². The van der Waals surface area contributed by atoms with E-state index in [-0.39, 0.29) is 31.6 Å². The number of aliphatic hydroxyl groups excluding tert-OH is 1. The molecule has 2 unspecified atom stereocenters. The van der Waals surface area contributed by atoms with Crippen molar-refractivity contribution in [1.29, 1.82) is 0 Å². The Morgan fingerprint density at radius 3 is 2.67 bits per heavy atom. The molecule has 2 atom stereocenters. The van der Waals surface area contributed by atoms with Crippen LogP contribution >= 0.6 is 0 Å². The summed E-state index contributed by atoms with van der Waals surface area (Å²) in [6.07, 6.45) is 2.72. The van der Waals surface area contributed by atoms with Crippen LogP contribution in [0.4, 0.5) is 4.79 Å². The van der Waals surface area contributed by atoms with Crippen molar-refractivity contribution in [3.8, 4) is 0 Å². The summed E-state index contributed by atoms with van der Waals surface area (Å²) >= 11 is 0. The fraction of sp³-hybridized carbons (Fsp3) is 0.933. The highest BCUT2D eigenvalue weighted by Crippen LogP contribution is 2.26. The highest BCUT2D eigenvalue weighted by molar-refractivity contribution is 5.68. The van der Waals surface area contributed by atoms with Gasteiger partial charge in [-0.2, -0.15) is 0 Å². The average Bonchev–Trinajstić information content (AvgIpc) is 2.41. The number of hydrogen-bond donors (Lipinski definition) is 1. The first-order valence-corrected chi connectivity index (χ1v) is 7.60. The van der Waals surface area contributed by atoms with E-state index in [1.54, 1.807) is 12.0 Å². The molecule has 1 N–H and O–H groups in total. The number of methoxy groups -OCH3 is 1. The van der Waals surface area contributed by atoms with Crippen molar-refractivity contribution < 1.29 is 24.1 Å². The molecule has 1 heterocycles. The van der Waals surface area contributed by atoms with Gasteiger partial charge in [-0.25, -0.2) is 4.79 Å². The van der Waals surface area contributed by atoms with Crippen molar-refractivity contribution in [2.24, 2.45) is 0 Å². The molecule has 0 aliphatic carbocycles. The number of amides is 1. The summed E-state index contributed by atoms with van der Waals surface area (Å²) in [5.41, 5.74) is -0.515. The van der Waals surface area contributed by atoms with Gasteiger partial charge in [-0.1, -0.05) is 0 Å². The molecule has 0 saturated carbocycles. The van der Waals surface area contributed by atoms with Crippen LogP contribution in [0.25, 0.3) is 0 Å². The first-order valence-electron chi connectivity index (χ1n) is 7.60. The Kier molecular flexibility index (Phi) is 7.42. The number of piperidine rings is 1. The number of rotatable bonds is 6. The molecular weight excluding hydrogens is 274 g/mol. The van der Waals surface area contributed by atoms with Crippen molar-refractivity contribution in [1.82, 2.24) is 4.90 Å². The summed E-state index contributed by atoms with van der Waals surface area (Å²) in [6, 6.07) is -0.0732. The van der Waals surface area contributed by atoms with Crippen LogP contribution in [0.15, 0.2) is 0 Å². The predicted octanol–water partition coefficient (Wildman–Crippen LogP) is 2.15. The summed E-state index contributed by atoms with van der Waals surface area (Å²) < 4.78 is 16.1. The highest BCUT2D eigenvalue weighted by atomic mass is 16.7. The van der Waals surface area contributed by atoms with Crippen LogP contribution in [0.1, 0.15) is 46.5 Å². The molecule has 6 nitrogen and oxygen atoms in total. The molecule has 0 radical (unpaired) electrons. The van der Waals surface area contributed by atoms with Gasteiger partial charge >= 0.3 is 6.09 Å². The van der Waals surface area contributed by atoms with Gasteiger partial charge in [-0.15, -0.1) is 0 Å². The molecule has 0 aromatic rings. The van der Waals surface area contributed by atoms with Crippen molar-refractivity contribution in [2.45, 2.75) is 64.2 Å². The Labute approximate surface area is 127 Å². The van der Waals surface area contributed by atoms with E-state index in [2.05, 4.69) is 0 Å². The molecule has 124 valence electrons. The van der Waals surface area contributed by atoms with Crippen LogP contribution in [0, 0.1) is 0 Å². The second kappa shape index (κ2) is 8.56. The maximum Gasteiger partial charge on any atom is 0.410 e. The van der Waals surface area contributed by atoms with Crippen LogP contribution < -0.4 is 0 Å². The van der Waals surface area contributed by atoms with Gasteiger partial charge in [0, 0.05) is 20.3 Å². The second-order valence-electron chi connectivity index (χ2n) is 6.36. The Balaban J connectivity index is 2.74. The van der Waals surface area contributed by atoms with E-state index in [4.69, 9.17) is 19.3 Å². The molecule has 21 heavy (non-hydrogen) atoms. The number of carbonyl (C=O) groups is 1. The smallest absolute Gasteiger partial charge is 0.410 e. The van der Waals surface area contributed by atoms with Gasteiger partial charge in [0.15, 0.2) is 0 Å². The lowest BCUT2D eigenvalue weighted by Gasteiger charge is -2.41. The summed E-state index contributed by atoms with van der Waals surface area (Å²) in [6.45, 7) is 6.55. The standard InChI is InChI=1S/C15H29NO5/c1-15(2,3)21-14(18)16-9-5-8-13(20-11-19-4)12(16)7-6-10-17/h12-13,17H,5-11H2,1-4H3. The maximum absolute atomic E-state index is 12.4. The predicted molar refractivity (Wildman–Crippen MR) is 79.0 cm³/mol. The number of carbonyl (C=O) groups excluding carboxylic acids is 1. The summed E-state index contributed by atoms with van der Waals surface area (Å²) in [5.74, 6) is 0. The Morgan fingerprint density at radius 1 is 1.38 bits per heavy atom.